The van der Waals surface area contributed by atoms with Crippen molar-refractivity contribution in [3.05, 3.63) is 23.8 Å². The number of anilines is 2. The minimum absolute atomic E-state index is 0.143. The molecule has 0 aliphatic rings. The third kappa shape index (κ3) is 4.44. The number of hydrogen-bond acceptors (Lipinski definition) is 4. The van der Waals surface area contributed by atoms with Crippen LogP contribution in [-0.4, -0.2) is 42.2 Å². The Hall–Kier alpha value is -1.75. The van der Waals surface area contributed by atoms with E-state index >= 15 is 0 Å². The fourth-order valence-electron chi connectivity index (χ4n) is 1.72. The Kier molecular flexibility index (Phi) is 5.63. The van der Waals surface area contributed by atoms with Gasteiger partial charge < -0.3 is 21.1 Å². The number of carbonyl (C=O) groups is 1. The maximum absolute atomic E-state index is 11.0. The third-order valence-electron chi connectivity index (χ3n) is 3.22. The van der Waals surface area contributed by atoms with Gasteiger partial charge in [0.2, 0.25) is 0 Å². The Balaban J connectivity index is 2.50. The molecule has 0 spiro atoms. The van der Waals surface area contributed by atoms with Crippen LogP contribution in [0.3, 0.4) is 0 Å². The van der Waals surface area contributed by atoms with E-state index < -0.39 is 5.97 Å². The fourth-order valence-corrected chi connectivity index (χ4v) is 1.72. The standard InChI is InChI=1S/C14H23N3O2/c1-10(2)17(3)9-5-8-16-12-7-4-6-11(13(12)15)14(18)19/h4,6-7,10,16H,5,8-9,15H2,1-3H3,(H,18,19). The summed E-state index contributed by atoms with van der Waals surface area (Å²) in [5, 5.41) is 12.2. The molecule has 0 unspecified atom stereocenters. The lowest BCUT2D eigenvalue weighted by atomic mass is 10.1. The van der Waals surface area contributed by atoms with Crippen molar-refractivity contribution in [3.63, 3.8) is 0 Å². The van der Waals surface area contributed by atoms with Crippen LogP contribution in [0.25, 0.3) is 0 Å². The summed E-state index contributed by atoms with van der Waals surface area (Å²) in [4.78, 5) is 13.2. The maximum atomic E-state index is 11.0. The lowest BCUT2D eigenvalue weighted by Crippen LogP contribution is -2.28. The highest BCUT2D eigenvalue weighted by Gasteiger charge is 2.10. The van der Waals surface area contributed by atoms with Crippen LogP contribution in [0, 0.1) is 0 Å². The van der Waals surface area contributed by atoms with Gasteiger partial charge in [-0.3, -0.25) is 0 Å². The van der Waals surface area contributed by atoms with Gasteiger partial charge in [-0.05, 0) is 46.0 Å². The molecule has 0 aromatic heterocycles. The van der Waals surface area contributed by atoms with E-state index in [1.54, 1.807) is 12.1 Å². The first-order valence-corrected chi connectivity index (χ1v) is 6.49. The molecule has 0 bridgehead atoms. The molecule has 4 N–H and O–H groups in total. The number of para-hydroxylation sites is 1. The average Bonchev–Trinajstić information content (AvgIpc) is 2.35. The number of rotatable bonds is 7. The van der Waals surface area contributed by atoms with Crippen LogP contribution in [0.2, 0.25) is 0 Å². The molecule has 1 aromatic carbocycles. The van der Waals surface area contributed by atoms with E-state index in [4.69, 9.17) is 10.8 Å². The van der Waals surface area contributed by atoms with Crippen molar-refractivity contribution in [2.45, 2.75) is 26.3 Å². The minimum Gasteiger partial charge on any atom is -0.478 e. The normalized spacial score (nSPS) is 11.0. The van der Waals surface area contributed by atoms with Crippen molar-refractivity contribution in [2.75, 3.05) is 31.2 Å². The molecule has 0 radical (unpaired) electrons. The number of nitrogen functional groups attached to an aromatic ring is 1. The first-order chi connectivity index (χ1) is 8.93. The lowest BCUT2D eigenvalue weighted by molar-refractivity contribution is 0.0698. The summed E-state index contributed by atoms with van der Waals surface area (Å²) < 4.78 is 0. The second-order valence-corrected chi connectivity index (χ2v) is 4.93. The Morgan fingerprint density at radius 2 is 2.16 bits per heavy atom. The molecule has 106 valence electrons. The quantitative estimate of drug-likeness (QED) is 0.520. The molecule has 19 heavy (non-hydrogen) atoms. The van der Waals surface area contributed by atoms with Crippen LogP contribution in [0.15, 0.2) is 18.2 Å². The molecule has 0 saturated carbocycles. The first kappa shape index (κ1) is 15.3. The van der Waals surface area contributed by atoms with Crippen molar-refractivity contribution in [2.24, 2.45) is 0 Å². The smallest absolute Gasteiger partial charge is 0.337 e. The molecular formula is C14H23N3O2. The summed E-state index contributed by atoms with van der Waals surface area (Å²) in [6.45, 7) is 6.07. The number of aromatic carboxylic acids is 1. The summed E-state index contributed by atoms with van der Waals surface area (Å²) in [5.74, 6) is -0.999. The Labute approximate surface area is 114 Å². The van der Waals surface area contributed by atoms with E-state index in [0.717, 1.165) is 19.5 Å². The second kappa shape index (κ2) is 6.99. The van der Waals surface area contributed by atoms with Crippen LogP contribution >= 0.6 is 0 Å². The predicted molar refractivity (Wildman–Crippen MR) is 78.7 cm³/mol. The molecule has 0 amide bonds. The van der Waals surface area contributed by atoms with Gasteiger partial charge in [0.15, 0.2) is 0 Å². The summed E-state index contributed by atoms with van der Waals surface area (Å²) >= 11 is 0. The zero-order chi connectivity index (χ0) is 14.4. The molecule has 5 nitrogen and oxygen atoms in total. The largest absolute Gasteiger partial charge is 0.478 e. The highest BCUT2D eigenvalue weighted by molar-refractivity contribution is 5.97. The van der Waals surface area contributed by atoms with Crippen molar-refractivity contribution in [1.82, 2.24) is 4.90 Å². The molecule has 0 saturated heterocycles. The van der Waals surface area contributed by atoms with E-state index in [1.165, 1.54) is 6.07 Å². The van der Waals surface area contributed by atoms with Crippen LogP contribution in [0.4, 0.5) is 11.4 Å². The number of carboxylic acids is 1. The van der Waals surface area contributed by atoms with Crippen molar-refractivity contribution < 1.29 is 9.90 Å². The summed E-state index contributed by atoms with van der Waals surface area (Å²) in [6.07, 6.45) is 0.978. The number of benzene rings is 1. The van der Waals surface area contributed by atoms with E-state index in [9.17, 15) is 4.79 Å². The van der Waals surface area contributed by atoms with Crippen molar-refractivity contribution >= 4 is 17.3 Å². The molecule has 0 heterocycles. The Morgan fingerprint density at radius 3 is 2.74 bits per heavy atom. The van der Waals surface area contributed by atoms with Crippen LogP contribution < -0.4 is 11.1 Å². The molecule has 5 heteroatoms. The SMILES string of the molecule is CC(C)N(C)CCCNc1cccc(C(=O)O)c1N. The van der Waals surface area contributed by atoms with Crippen LogP contribution in [0.5, 0.6) is 0 Å². The first-order valence-electron chi connectivity index (χ1n) is 6.49. The molecule has 1 rings (SSSR count). The zero-order valence-electron chi connectivity index (χ0n) is 11.8. The highest BCUT2D eigenvalue weighted by Crippen LogP contribution is 2.22. The second-order valence-electron chi connectivity index (χ2n) is 4.93. The topological polar surface area (TPSA) is 78.6 Å². The fraction of sp³-hybridized carbons (Fsp3) is 0.500. The Morgan fingerprint density at radius 1 is 1.47 bits per heavy atom. The minimum atomic E-state index is -0.999. The third-order valence-corrected chi connectivity index (χ3v) is 3.22. The Bertz CT molecular complexity index is 433. The van der Waals surface area contributed by atoms with Crippen LogP contribution in [-0.2, 0) is 0 Å². The van der Waals surface area contributed by atoms with Gasteiger partial charge in [0.1, 0.15) is 0 Å². The monoisotopic (exact) mass is 265 g/mol. The lowest BCUT2D eigenvalue weighted by Gasteiger charge is -2.21. The highest BCUT2D eigenvalue weighted by atomic mass is 16.4. The predicted octanol–water partition coefficient (Wildman–Crippen LogP) is 2.11. The average molecular weight is 265 g/mol. The van der Waals surface area contributed by atoms with E-state index in [2.05, 4.69) is 31.1 Å². The summed E-state index contributed by atoms with van der Waals surface area (Å²) in [7, 11) is 2.09. The molecule has 1 aromatic rings. The molecule has 0 fully saturated rings. The van der Waals surface area contributed by atoms with Gasteiger partial charge in [-0.25, -0.2) is 4.79 Å². The summed E-state index contributed by atoms with van der Waals surface area (Å²) in [5.41, 5.74) is 6.95. The number of carboxylic acid groups (broad SMARTS) is 1. The maximum Gasteiger partial charge on any atom is 0.337 e. The van der Waals surface area contributed by atoms with Crippen molar-refractivity contribution in [1.29, 1.82) is 0 Å². The van der Waals surface area contributed by atoms with Crippen LogP contribution in [0.1, 0.15) is 30.6 Å². The van der Waals surface area contributed by atoms with E-state index in [0.29, 0.717) is 17.4 Å². The van der Waals surface area contributed by atoms with Gasteiger partial charge in [0, 0.05) is 12.6 Å². The number of nitrogens with one attached hydrogen (secondary N) is 1. The van der Waals surface area contributed by atoms with E-state index in [-0.39, 0.29) is 5.56 Å². The number of nitrogens with zero attached hydrogens (tertiary/aromatic N) is 1. The van der Waals surface area contributed by atoms with E-state index in [1.807, 2.05) is 0 Å². The van der Waals surface area contributed by atoms with Gasteiger partial charge in [-0.2, -0.15) is 0 Å². The number of nitrogens with two attached hydrogens (primary N) is 1. The number of hydrogen-bond donors (Lipinski definition) is 3. The molecule has 0 aliphatic heterocycles. The van der Waals surface area contributed by atoms with Gasteiger partial charge in [0.25, 0.3) is 0 Å². The van der Waals surface area contributed by atoms with Gasteiger partial charge in [0.05, 0.1) is 16.9 Å². The molecule has 0 aliphatic carbocycles. The zero-order valence-corrected chi connectivity index (χ0v) is 11.8. The van der Waals surface area contributed by atoms with Gasteiger partial charge >= 0.3 is 5.97 Å². The molecular weight excluding hydrogens is 242 g/mol. The van der Waals surface area contributed by atoms with Gasteiger partial charge in [-0.1, -0.05) is 6.07 Å². The van der Waals surface area contributed by atoms with Crippen molar-refractivity contribution in [3.8, 4) is 0 Å². The summed E-state index contributed by atoms with van der Waals surface area (Å²) in [6, 6.07) is 5.53. The molecule has 0 atom stereocenters. The van der Waals surface area contributed by atoms with Gasteiger partial charge in [-0.15, -0.1) is 0 Å².